The van der Waals surface area contributed by atoms with Gasteiger partial charge in [0.1, 0.15) is 0 Å². The van der Waals surface area contributed by atoms with E-state index in [1.165, 1.54) is 0 Å². The second-order valence-electron chi connectivity index (χ2n) is 8.31. The van der Waals surface area contributed by atoms with Crippen LogP contribution < -0.4 is 10.6 Å². The van der Waals surface area contributed by atoms with Crippen LogP contribution in [-0.2, 0) is 17.8 Å². The molecule has 1 aliphatic heterocycles. The largest absolute Gasteiger partial charge is 0.392 e. The summed E-state index contributed by atoms with van der Waals surface area (Å²) >= 11 is 0. The van der Waals surface area contributed by atoms with E-state index >= 15 is 0 Å². The van der Waals surface area contributed by atoms with Gasteiger partial charge in [0.15, 0.2) is 5.78 Å². The molecule has 0 spiro atoms. The lowest BCUT2D eigenvalue weighted by Gasteiger charge is -2.33. The fourth-order valence-corrected chi connectivity index (χ4v) is 4.44. The number of aliphatic hydroxyl groups is 1. The molecule has 2 aromatic rings. The van der Waals surface area contributed by atoms with Crippen molar-refractivity contribution in [2.75, 3.05) is 30.3 Å². The molecule has 2 aliphatic rings. The van der Waals surface area contributed by atoms with E-state index in [0.717, 1.165) is 66.0 Å². The molecular weight excluding hydrogens is 378 g/mol. The Labute approximate surface area is 177 Å². The van der Waals surface area contributed by atoms with Crippen LogP contribution in [0.2, 0.25) is 0 Å². The first-order valence-corrected chi connectivity index (χ1v) is 10.7. The topological polar surface area (TPSA) is 81.7 Å². The van der Waals surface area contributed by atoms with E-state index in [-0.39, 0.29) is 18.3 Å². The number of likely N-dealkylation sites (tertiary alicyclic amines) is 1. The Balaban J connectivity index is 1.27. The minimum absolute atomic E-state index is 0.0212. The van der Waals surface area contributed by atoms with Gasteiger partial charge in [0.25, 0.3) is 0 Å². The number of aliphatic hydroxyl groups excluding tert-OH is 1. The lowest BCUT2D eigenvalue weighted by Crippen LogP contribution is -2.42. The molecule has 0 radical (unpaired) electrons. The van der Waals surface area contributed by atoms with Crippen LogP contribution in [0.15, 0.2) is 36.4 Å². The number of aryl methyl sites for hydroxylation is 2. The second kappa shape index (κ2) is 8.98. The van der Waals surface area contributed by atoms with Gasteiger partial charge in [0.05, 0.1) is 13.2 Å². The summed E-state index contributed by atoms with van der Waals surface area (Å²) in [5.41, 5.74) is 5.68. The van der Waals surface area contributed by atoms with Crippen LogP contribution in [0.3, 0.4) is 0 Å². The average molecular weight is 408 g/mol. The Bertz CT molecular complexity index is 949. The van der Waals surface area contributed by atoms with E-state index in [2.05, 4.69) is 28.5 Å². The first-order valence-electron chi connectivity index (χ1n) is 10.7. The number of rotatable bonds is 6. The van der Waals surface area contributed by atoms with Crippen molar-refractivity contribution in [2.24, 2.45) is 0 Å². The highest BCUT2D eigenvalue weighted by atomic mass is 16.3. The highest BCUT2D eigenvalue weighted by Crippen LogP contribution is 2.26. The van der Waals surface area contributed by atoms with Crippen LogP contribution in [0.1, 0.15) is 46.3 Å². The summed E-state index contributed by atoms with van der Waals surface area (Å²) in [6.07, 6.45) is 3.23. The van der Waals surface area contributed by atoms with Gasteiger partial charge in [-0.1, -0.05) is 18.2 Å². The minimum atomic E-state index is -0.0212. The standard InChI is InChI=1S/C24H29N3O3/c1-16-3-2-4-18(15-28)24(16)26-19-9-11-27(12-10-19)14-23(30)25-20-6-7-21-17(13-20)5-8-22(21)29/h2-4,6-7,13,19,26,28H,5,8-12,14-15H2,1H3,(H,25,30). The van der Waals surface area contributed by atoms with Crippen molar-refractivity contribution >= 4 is 23.1 Å². The maximum Gasteiger partial charge on any atom is 0.238 e. The molecule has 0 unspecified atom stereocenters. The second-order valence-corrected chi connectivity index (χ2v) is 8.31. The molecule has 0 saturated carbocycles. The summed E-state index contributed by atoms with van der Waals surface area (Å²) in [6.45, 7) is 4.15. The Morgan fingerprint density at radius 2 is 1.97 bits per heavy atom. The summed E-state index contributed by atoms with van der Waals surface area (Å²) in [6, 6.07) is 11.9. The zero-order valence-corrected chi connectivity index (χ0v) is 17.4. The molecule has 1 fully saturated rings. The zero-order chi connectivity index (χ0) is 21.1. The summed E-state index contributed by atoms with van der Waals surface area (Å²) in [4.78, 5) is 26.4. The maximum atomic E-state index is 12.5. The fraction of sp³-hybridized carbons (Fsp3) is 0.417. The number of amides is 1. The Kier molecular flexibility index (Phi) is 6.16. The Hall–Kier alpha value is -2.70. The van der Waals surface area contributed by atoms with Crippen molar-refractivity contribution < 1.29 is 14.7 Å². The number of fused-ring (bicyclic) bond motifs is 1. The van der Waals surface area contributed by atoms with E-state index in [9.17, 15) is 14.7 Å². The number of hydrogen-bond donors (Lipinski definition) is 3. The predicted octanol–water partition coefficient (Wildman–Crippen LogP) is 3.13. The van der Waals surface area contributed by atoms with E-state index < -0.39 is 0 Å². The first-order chi connectivity index (χ1) is 14.5. The normalized spacial score (nSPS) is 17.1. The average Bonchev–Trinajstić information content (AvgIpc) is 3.11. The molecule has 4 rings (SSSR count). The van der Waals surface area contributed by atoms with Crippen LogP contribution in [0.25, 0.3) is 0 Å². The van der Waals surface area contributed by atoms with E-state index in [1.807, 2.05) is 30.3 Å². The van der Waals surface area contributed by atoms with Crippen LogP contribution in [0.5, 0.6) is 0 Å². The van der Waals surface area contributed by atoms with Gasteiger partial charge in [0, 0.05) is 48.1 Å². The van der Waals surface area contributed by atoms with Crippen LogP contribution in [-0.4, -0.2) is 47.4 Å². The van der Waals surface area contributed by atoms with Crippen molar-refractivity contribution in [1.29, 1.82) is 0 Å². The molecule has 6 heteroatoms. The summed E-state index contributed by atoms with van der Waals surface area (Å²) in [5, 5.41) is 16.2. The third-order valence-corrected chi connectivity index (χ3v) is 6.14. The molecule has 158 valence electrons. The molecule has 0 aromatic heterocycles. The molecular formula is C24H29N3O3. The number of para-hydroxylation sites is 1. The molecule has 1 amide bonds. The number of nitrogens with zero attached hydrogens (tertiary/aromatic N) is 1. The zero-order valence-electron chi connectivity index (χ0n) is 17.4. The van der Waals surface area contributed by atoms with Gasteiger partial charge >= 0.3 is 0 Å². The SMILES string of the molecule is Cc1cccc(CO)c1NC1CCN(CC(=O)Nc2ccc3c(c2)CCC3=O)CC1. The first kappa shape index (κ1) is 20.6. The number of piperidine rings is 1. The molecule has 3 N–H and O–H groups in total. The van der Waals surface area contributed by atoms with Crippen molar-refractivity contribution in [3.8, 4) is 0 Å². The maximum absolute atomic E-state index is 12.5. The van der Waals surface area contributed by atoms with Crippen LogP contribution in [0, 0.1) is 6.92 Å². The van der Waals surface area contributed by atoms with Crippen molar-refractivity contribution in [2.45, 2.75) is 45.3 Å². The number of anilines is 2. The van der Waals surface area contributed by atoms with Gasteiger partial charge < -0.3 is 15.7 Å². The molecule has 6 nitrogen and oxygen atoms in total. The number of carbonyl (C=O) groups is 2. The van der Waals surface area contributed by atoms with E-state index in [0.29, 0.717) is 19.0 Å². The highest BCUT2D eigenvalue weighted by Gasteiger charge is 2.23. The predicted molar refractivity (Wildman–Crippen MR) is 118 cm³/mol. The molecule has 0 atom stereocenters. The van der Waals surface area contributed by atoms with Crippen LogP contribution >= 0.6 is 0 Å². The smallest absolute Gasteiger partial charge is 0.238 e. The highest BCUT2D eigenvalue weighted by molar-refractivity contribution is 6.01. The van der Waals surface area contributed by atoms with Gasteiger partial charge in [-0.15, -0.1) is 0 Å². The molecule has 0 bridgehead atoms. The third-order valence-electron chi connectivity index (χ3n) is 6.14. The lowest BCUT2D eigenvalue weighted by atomic mass is 10.0. The van der Waals surface area contributed by atoms with E-state index in [1.54, 1.807) is 0 Å². The molecule has 1 heterocycles. The lowest BCUT2D eigenvalue weighted by molar-refractivity contribution is -0.117. The van der Waals surface area contributed by atoms with Crippen molar-refractivity contribution in [3.05, 3.63) is 58.7 Å². The van der Waals surface area contributed by atoms with Gasteiger partial charge in [0.2, 0.25) is 5.91 Å². The number of benzene rings is 2. The molecule has 30 heavy (non-hydrogen) atoms. The number of ketones is 1. The fourth-order valence-electron chi connectivity index (χ4n) is 4.44. The summed E-state index contributed by atoms with van der Waals surface area (Å²) in [7, 11) is 0. The van der Waals surface area contributed by atoms with Gasteiger partial charge in [-0.05, 0) is 55.5 Å². The summed E-state index contributed by atoms with van der Waals surface area (Å²) < 4.78 is 0. The van der Waals surface area contributed by atoms with Crippen LogP contribution in [0.4, 0.5) is 11.4 Å². The monoisotopic (exact) mass is 407 g/mol. The van der Waals surface area contributed by atoms with Crippen molar-refractivity contribution in [3.63, 3.8) is 0 Å². The van der Waals surface area contributed by atoms with Gasteiger partial charge in [-0.2, -0.15) is 0 Å². The van der Waals surface area contributed by atoms with E-state index in [4.69, 9.17) is 0 Å². The van der Waals surface area contributed by atoms with Crippen molar-refractivity contribution in [1.82, 2.24) is 4.90 Å². The Morgan fingerprint density at radius 3 is 2.73 bits per heavy atom. The number of hydrogen-bond acceptors (Lipinski definition) is 5. The third kappa shape index (κ3) is 4.55. The Morgan fingerprint density at radius 1 is 1.17 bits per heavy atom. The molecule has 1 saturated heterocycles. The summed E-state index contributed by atoms with van der Waals surface area (Å²) in [5.74, 6) is 0.170. The van der Waals surface area contributed by atoms with Gasteiger partial charge in [-0.3, -0.25) is 14.5 Å². The minimum Gasteiger partial charge on any atom is -0.392 e. The number of nitrogens with one attached hydrogen (secondary N) is 2. The number of Topliss-reactive ketones (excluding diaryl/α,β-unsaturated/α-hetero) is 1. The molecule has 1 aliphatic carbocycles. The van der Waals surface area contributed by atoms with Gasteiger partial charge in [-0.25, -0.2) is 0 Å². The number of carbonyl (C=O) groups excluding carboxylic acids is 2. The quantitative estimate of drug-likeness (QED) is 0.685. The molecule has 2 aromatic carbocycles.